The molecule has 0 spiro atoms. The van der Waals surface area contributed by atoms with Crippen molar-refractivity contribution in [2.24, 2.45) is 5.92 Å². The Kier molecular flexibility index (Phi) is 6.36. The lowest BCUT2D eigenvalue weighted by atomic mass is 10.1. The van der Waals surface area contributed by atoms with Crippen molar-refractivity contribution in [3.8, 4) is 6.07 Å². The zero-order valence-corrected chi connectivity index (χ0v) is 18.2. The molecule has 1 saturated heterocycles. The smallest absolute Gasteiger partial charge is 0.148 e. The molecular weight excluding hydrogens is 392 g/mol. The first-order valence-electron chi connectivity index (χ1n) is 10.4. The zero-order chi connectivity index (χ0) is 20.9. The molecule has 0 aliphatic carbocycles. The molecule has 1 aliphatic heterocycles. The number of anilines is 2. The van der Waals surface area contributed by atoms with Crippen molar-refractivity contribution < 1.29 is 0 Å². The van der Waals surface area contributed by atoms with Gasteiger partial charge in [0, 0.05) is 16.3 Å². The number of hydrogen-bond acceptors (Lipinski definition) is 7. The van der Waals surface area contributed by atoms with E-state index in [1.807, 2.05) is 29.7 Å². The Hall–Kier alpha value is -2.82. The monoisotopic (exact) mass is 418 g/mol. The van der Waals surface area contributed by atoms with E-state index < -0.39 is 0 Å². The number of rotatable bonds is 7. The van der Waals surface area contributed by atoms with Crippen LogP contribution in [0.2, 0.25) is 0 Å². The maximum absolute atomic E-state index is 8.84. The summed E-state index contributed by atoms with van der Waals surface area (Å²) in [6, 6.07) is 10.4. The normalized spacial score (nSPS) is 16.7. The van der Waals surface area contributed by atoms with E-state index >= 15 is 0 Å². The van der Waals surface area contributed by atoms with Crippen molar-refractivity contribution in [2.75, 3.05) is 11.9 Å². The first-order valence-corrected chi connectivity index (χ1v) is 11.2. The standard InChI is InChI=1S/C23H26N6S/c1-16(2)10-19-7-8-20(30-19)15-29-9-3-4-22(29)21-13-27-23(14-26-21)28-18-6-5-17(11-24)25-12-18/h5-8,12-14,16,22H,3-4,9-10,15H2,1-2H3,(H,27,28). The van der Waals surface area contributed by atoms with Gasteiger partial charge in [-0.2, -0.15) is 5.26 Å². The number of nitriles is 1. The Morgan fingerprint density at radius 3 is 2.70 bits per heavy atom. The highest BCUT2D eigenvalue weighted by Gasteiger charge is 2.27. The van der Waals surface area contributed by atoms with E-state index in [1.165, 1.54) is 16.2 Å². The summed E-state index contributed by atoms with van der Waals surface area (Å²) in [5, 5.41) is 12.0. The third-order valence-corrected chi connectivity index (χ3v) is 6.31. The van der Waals surface area contributed by atoms with Gasteiger partial charge in [-0.3, -0.25) is 9.88 Å². The fourth-order valence-electron chi connectivity index (χ4n) is 3.83. The molecule has 1 unspecified atom stereocenters. The fraction of sp³-hybridized carbons (Fsp3) is 0.391. The minimum atomic E-state index is 0.318. The summed E-state index contributed by atoms with van der Waals surface area (Å²) in [4.78, 5) is 18.7. The molecule has 30 heavy (non-hydrogen) atoms. The van der Waals surface area contributed by atoms with Gasteiger partial charge in [-0.25, -0.2) is 9.97 Å². The van der Waals surface area contributed by atoms with Gasteiger partial charge in [0.05, 0.1) is 36.0 Å². The molecule has 0 saturated carbocycles. The van der Waals surface area contributed by atoms with Gasteiger partial charge in [0.2, 0.25) is 0 Å². The van der Waals surface area contributed by atoms with Crippen LogP contribution in [0.1, 0.15) is 53.9 Å². The maximum Gasteiger partial charge on any atom is 0.148 e. The summed E-state index contributed by atoms with van der Waals surface area (Å²) in [7, 11) is 0. The lowest BCUT2D eigenvalue weighted by Crippen LogP contribution is -2.23. The van der Waals surface area contributed by atoms with Gasteiger partial charge in [0.1, 0.15) is 17.6 Å². The summed E-state index contributed by atoms with van der Waals surface area (Å²) in [6.07, 6.45) is 8.74. The van der Waals surface area contributed by atoms with E-state index in [0.29, 0.717) is 23.5 Å². The molecule has 1 atom stereocenters. The molecule has 1 N–H and O–H groups in total. The van der Waals surface area contributed by atoms with Crippen LogP contribution in [0.5, 0.6) is 0 Å². The SMILES string of the molecule is CC(C)Cc1ccc(CN2CCCC2c2cnc(Nc3ccc(C#N)nc3)cn2)s1. The topological polar surface area (TPSA) is 77.7 Å². The average Bonchev–Trinajstić information content (AvgIpc) is 3.38. The largest absolute Gasteiger partial charge is 0.338 e. The van der Waals surface area contributed by atoms with Crippen LogP contribution in [-0.2, 0) is 13.0 Å². The number of thiophene rings is 1. The van der Waals surface area contributed by atoms with Gasteiger partial charge < -0.3 is 5.32 Å². The first-order chi connectivity index (χ1) is 14.6. The molecule has 7 heteroatoms. The molecule has 6 nitrogen and oxygen atoms in total. The molecule has 154 valence electrons. The minimum absolute atomic E-state index is 0.318. The molecule has 0 radical (unpaired) electrons. The molecule has 4 rings (SSSR count). The highest BCUT2D eigenvalue weighted by atomic mass is 32.1. The van der Waals surface area contributed by atoms with Crippen LogP contribution in [-0.4, -0.2) is 26.4 Å². The second kappa shape index (κ2) is 9.33. The molecule has 0 bridgehead atoms. The Morgan fingerprint density at radius 1 is 1.13 bits per heavy atom. The number of pyridine rings is 1. The van der Waals surface area contributed by atoms with Crippen molar-refractivity contribution in [3.63, 3.8) is 0 Å². The van der Waals surface area contributed by atoms with Crippen molar-refractivity contribution in [2.45, 2.75) is 45.7 Å². The third kappa shape index (κ3) is 5.02. The van der Waals surface area contributed by atoms with Gasteiger partial charge in [0.15, 0.2) is 0 Å². The lowest BCUT2D eigenvalue weighted by molar-refractivity contribution is 0.246. The highest BCUT2D eigenvalue weighted by Crippen LogP contribution is 2.33. The zero-order valence-electron chi connectivity index (χ0n) is 17.4. The van der Waals surface area contributed by atoms with Crippen molar-refractivity contribution in [1.29, 1.82) is 5.26 Å². The van der Waals surface area contributed by atoms with Crippen LogP contribution in [0.3, 0.4) is 0 Å². The quantitative estimate of drug-likeness (QED) is 0.576. The van der Waals surface area contributed by atoms with Crippen molar-refractivity contribution in [3.05, 3.63) is 64.0 Å². The van der Waals surface area contributed by atoms with Crippen molar-refractivity contribution in [1.82, 2.24) is 19.9 Å². The molecule has 1 aliphatic rings. The van der Waals surface area contributed by atoms with Crippen LogP contribution in [0.4, 0.5) is 11.5 Å². The Balaban J connectivity index is 1.40. The summed E-state index contributed by atoms with van der Waals surface area (Å²) in [5.41, 5.74) is 2.20. The van der Waals surface area contributed by atoms with Gasteiger partial charge in [-0.1, -0.05) is 13.8 Å². The summed E-state index contributed by atoms with van der Waals surface area (Å²) >= 11 is 1.94. The van der Waals surface area contributed by atoms with Crippen LogP contribution < -0.4 is 5.32 Å². The first kappa shape index (κ1) is 20.5. The third-order valence-electron chi connectivity index (χ3n) is 5.21. The van der Waals surface area contributed by atoms with E-state index in [9.17, 15) is 0 Å². The highest BCUT2D eigenvalue weighted by molar-refractivity contribution is 7.11. The maximum atomic E-state index is 8.84. The molecule has 3 aromatic rings. The molecule has 0 aromatic carbocycles. The van der Waals surface area contributed by atoms with Crippen LogP contribution in [0, 0.1) is 17.2 Å². The molecule has 0 amide bonds. The van der Waals surface area contributed by atoms with E-state index in [0.717, 1.165) is 37.3 Å². The van der Waals surface area contributed by atoms with Crippen LogP contribution in [0.25, 0.3) is 0 Å². The van der Waals surface area contributed by atoms with Gasteiger partial charge >= 0.3 is 0 Å². The number of nitrogens with one attached hydrogen (secondary N) is 1. The van der Waals surface area contributed by atoms with Crippen LogP contribution in [0.15, 0.2) is 42.9 Å². The number of aromatic nitrogens is 3. The van der Waals surface area contributed by atoms with Gasteiger partial charge in [-0.05, 0) is 56.0 Å². The van der Waals surface area contributed by atoms with E-state index in [2.05, 4.69) is 46.2 Å². The molecule has 4 heterocycles. The van der Waals surface area contributed by atoms with Crippen molar-refractivity contribution >= 4 is 22.8 Å². The lowest BCUT2D eigenvalue weighted by Gasteiger charge is -2.23. The molecule has 3 aromatic heterocycles. The fourth-order valence-corrected chi connectivity index (χ4v) is 5.08. The molecular formula is C23H26N6S. The number of hydrogen-bond donors (Lipinski definition) is 1. The van der Waals surface area contributed by atoms with Crippen LogP contribution >= 0.6 is 11.3 Å². The Morgan fingerprint density at radius 2 is 2.00 bits per heavy atom. The van der Waals surface area contributed by atoms with E-state index in [1.54, 1.807) is 18.5 Å². The molecule has 1 fully saturated rings. The number of nitrogens with zero attached hydrogens (tertiary/aromatic N) is 5. The predicted molar refractivity (Wildman–Crippen MR) is 120 cm³/mol. The van der Waals surface area contributed by atoms with E-state index in [4.69, 9.17) is 10.2 Å². The summed E-state index contributed by atoms with van der Waals surface area (Å²) < 4.78 is 0. The second-order valence-electron chi connectivity index (χ2n) is 8.09. The average molecular weight is 419 g/mol. The predicted octanol–water partition coefficient (Wildman–Crippen LogP) is 5.08. The van der Waals surface area contributed by atoms with Gasteiger partial charge in [-0.15, -0.1) is 11.3 Å². The summed E-state index contributed by atoms with van der Waals surface area (Å²) in [6.45, 7) is 6.61. The summed E-state index contributed by atoms with van der Waals surface area (Å²) in [5.74, 6) is 1.37. The number of likely N-dealkylation sites (tertiary alicyclic amines) is 1. The van der Waals surface area contributed by atoms with Gasteiger partial charge in [0.25, 0.3) is 0 Å². The Labute approximate surface area is 181 Å². The second-order valence-corrected chi connectivity index (χ2v) is 9.34. The Bertz CT molecular complexity index is 1000. The van der Waals surface area contributed by atoms with E-state index in [-0.39, 0.29) is 0 Å². The minimum Gasteiger partial charge on any atom is -0.338 e.